The molecule has 7 heteroatoms. The first kappa shape index (κ1) is 14.1. The van der Waals surface area contributed by atoms with Gasteiger partial charge in [-0.15, -0.1) is 0 Å². The summed E-state index contributed by atoms with van der Waals surface area (Å²) in [6, 6.07) is 5.35. The van der Waals surface area contributed by atoms with Gasteiger partial charge in [-0.2, -0.15) is 0 Å². The van der Waals surface area contributed by atoms with E-state index in [9.17, 15) is 4.79 Å². The van der Waals surface area contributed by atoms with Crippen molar-refractivity contribution < 1.29 is 9.53 Å². The Kier molecular flexibility index (Phi) is 3.63. The van der Waals surface area contributed by atoms with E-state index in [1.165, 1.54) is 0 Å². The van der Waals surface area contributed by atoms with Crippen molar-refractivity contribution in [3.05, 3.63) is 47.5 Å². The van der Waals surface area contributed by atoms with Gasteiger partial charge in [0.05, 0.1) is 25.5 Å². The van der Waals surface area contributed by atoms with Crippen LogP contribution in [-0.2, 0) is 17.8 Å². The van der Waals surface area contributed by atoms with E-state index in [-0.39, 0.29) is 5.91 Å². The third-order valence-corrected chi connectivity index (χ3v) is 4.11. The number of hydrogen-bond donors (Lipinski definition) is 0. The molecule has 4 heterocycles. The smallest absolute Gasteiger partial charge is 0.273 e. The van der Waals surface area contributed by atoms with Gasteiger partial charge in [0.25, 0.3) is 5.91 Å². The fourth-order valence-electron chi connectivity index (χ4n) is 2.85. The molecule has 118 valence electrons. The summed E-state index contributed by atoms with van der Waals surface area (Å²) in [5.74, 6) is 0.649. The van der Waals surface area contributed by atoms with Crippen LogP contribution in [0.15, 0.2) is 30.6 Å². The highest BCUT2D eigenvalue weighted by Gasteiger charge is 2.27. The van der Waals surface area contributed by atoms with Gasteiger partial charge in [-0.3, -0.25) is 9.78 Å². The Bertz CT molecular complexity index is 716. The summed E-state index contributed by atoms with van der Waals surface area (Å²) in [7, 11) is 0. The van der Waals surface area contributed by atoms with Gasteiger partial charge >= 0.3 is 0 Å². The molecule has 0 aliphatic carbocycles. The molecule has 0 saturated carbocycles. The predicted octanol–water partition coefficient (Wildman–Crippen LogP) is 0.864. The van der Waals surface area contributed by atoms with E-state index in [1.807, 2.05) is 12.3 Å². The monoisotopic (exact) mass is 311 g/mol. The zero-order chi connectivity index (χ0) is 15.6. The number of nitrogens with zero attached hydrogens (tertiary/aromatic N) is 5. The van der Waals surface area contributed by atoms with E-state index in [1.54, 1.807) is 23.2 Å². The Morgan fingerprint density at radius 1 is 1.13 bits per heavy atom. The van der Waals surface area contributed by atoms with E-state index >= 15 is 0 Å². The standard InChI is InChI=1S/C16H17N5O2/c22-15(13-3-1-2-4-17-13)21-10-12-9-18-16(19-14(12)11-21)20-5-7-23-8-6-20/h1-4,9H,5-8,10-11H2. The van der Waals surface area contributed by atoms with Gasteiger partial charge in [0, 0.05) is 37.6 Å². The van der Waals surface area contributed by atoms with Crippen LogP contribution in [0.4, 0.5) is 5.95 Å². The second-order valence-electron chi connectivity index (χ2n) is 5.62. The third-order valence-electron chi connectivity index (χ3n) is 4.11. The van der Waals surface area contributed by atoms with E-state index in [4.69, 9.17) is 4.74 Å². The molecule has 2 aromatic rings. The number of aromatic nitrogens is 3. The summed E-state index contributed by atoms with van der Waals surface area (Å²) in [5.41, 5.74) is 2.39. The fraction of sp³-hybridized carbons (Fsp3) is 0.375. The highest BCUT2D eigenvalue weighted by Crippen LogP contribution is 2.24. The fourth-order valence-corrected chi connectivity index (χ4v) is 2.85. The van der Waals surface area contributed by atoms with Gasteiger partial charge in [-0.05, 0) is 12.1 Å². The normalized spacial score (nSPS) is 17.2. The van der Waals surface area contributed by atoms with Crippen LogP contribution in [0, 0.1) is 0 Å². The molecule has 1 fully saturated rings. The van der Waals surface area contributed by atoms with Crippen LogP contribution < -0.4 is 4.90 Å². The van der Waals surface area contributed by atoms with Crippen LogP contribution >= 0.6 is 0 Å². The van der Waals surface area contributed by atoms with Crippen LogP contribution in [0.2, 0.25) is 0 Å². The van der Waals surface area contributed by atoms with Crippen molar-refractivity contribution in [2.75, 3.05) is 31.2 Å². The maximum Gasteiger partial charge on any atom is 0.273 e. The number of pyridine rings is 1. The molecule has 23 heavy (non-hydrogen) atoms. The van der Waals surface area contributed by atoms with Crippen LogP contribution in [0.1, 0.15) is 21.7 Å². The van der Waals surface area contributed by atoms with E-state index in [0.717, 1.165) is 30.3 Å². The number of hydrogen-bond acceptors (Lipinski definition) is 6. The van der Waals surface area contributed by atoms with Crippen LogP contribution in [-0.4, -0.2) is 52.1 Å². The van der Waals surface area contributed by atoms with Gasteiger partial charge in [0.15, 0.2) is 0 Å². The molecule has 0 unspecified atom stereocenters. The number of carbonyl (C=O) groups excluding carboxylic acids is 1. The van der Waals surface area contributed by atoms with Crippen LogP contribution in [0.25, 0.3) is 0 Å². The number of rotatable bonds is 2. The predicted molar refractivity (Wildman–Crippen MR) is 82.9 cm³/mol. The second-order valence-corrected chi connectivity index (χ2v) is 5.62. The lowest BCUT2D eigenvalue weighted by Crippen LogP contribution is -2.37. The van der Waals surface area contributed by atoms with Crippen molar-refractivity contribution in [2.24, 2.45) is 0 Å². The van der Waals surface area contributed by atoms with E-state index in [2.05, 4.69) is 19.9 Å². The van der Waals surface area contributed by atoms with E-state index in [0.29, 0.717) is 32.0 Å². The van der Waals surface area contributed by atoms with Gasteiger partial charge in [-0.25, -0.2) is 9.97 Å². The molecule has 0 aromatic carbocycles. The Balaban J connectivity index is 1.52. The first-order valence-electron chi connectivity index (χ1n) is 7.69. The van der Waals surface area contributed by atoms with Gasteiger partial charge in [0.2, 0.25) is 5.95 Å². The summed E-state index contributed by atoms with van der Waals surface area (Å²) in [6.07, 6.45) is 3.46. The number of anilines is 1. The summed E-state index contributed by atoms with van der Waals surface area (Å²) in [6.45, 7) is 4.04. The maximum absolute atomic E-state index is 12.5. The van der Waals surface area contributed by atoms with E-state index < -0.39 is 0 Å². The Morgan fingerprint density at radius 3 is 2.78 bits per heavy atom. The van der Waals surface area contributed by atoms with Crippen molar-refractivity contribution in [1.29, 1.82) is 0 Å². The molecule has 2 aliphatic heterocycles. The zero-order valence-electron chi connectivity index (χ0n) is 12.7. The molecule has 4 rings (SSSR count). The first-order valence-corrected chi connectivity index (χ1v) is 7.69. The topological polar surface area (TPSA) is 71.5 Å². The third kappa shape index (κ3) is 2.75. The van der Waals surface area contributed by atoms with Crippen LogP contribution in [0.3, 0.4) is 0 Å². The Labute approximate surface area is 133 Å². The lowest BCUT2D eigenvalue weighted by atomic mass is 10.3. The summed E-state index contributed by atoms with van der Waals surface area (Å²) in [5, 5.41) is 0. The van der Waals surface area contributed by atoms with Gasteiger partial charge in [0.1, 0.15) is 5.69 Å². The van der Waals surface area contributed by atoms with Gasteiger partial charge < -0.3 is 14.5 Å². The van der Waals surface area contributed by atoms with Crippen molar-refractivity contribution in [3.8, 4) is 0 Å². The minimum atomic E-state index is -0.0727. The molecule has 1 saturated heterocycles. The molecule has 7 nitrogen and oxygen atoms in total. The second kappa shape index (κ2) is 5.92. The summed E-state index contributed by atoms with van der Waals surface area (Å²) < 4.78 is 5.35. The highest BCUT2D eigenvalue weighted by atomic mass is 16.5. The molecule has 2 aliphatic rings. The largest absolute Gasteiger partial charge is 0.378 e. The molecule has 0 bridgehead atoms. The molecule has 0 radical (unpaired) electrons. The number of amides is 1. The van der Waals surface area contributed by atoms with Crippen molar-refractivity contribution in [3.63, 3.8) is 0 Å². The van der Waals surface area contributed by atoms with Crippen molar-refractivity contribution >= 4 is 11.9 Å². The molecular weight excluding hydrogens is 294 g/mol. The molecule has 0 N–H and O–H groups in total. The average molecular weight is 311 g/mol. The summed E-state index contributed by atoms with van der Waals surface area (Å²) in [4.78, 5) is 29.6. The quantitative estimate of drug-likeness (QED) is 0.819. The Morgan fingerprint density at radius 2 is 2.00 bits per heavy atom. The molecule has 0 atom stereocenters. The molecule has 0 spiro atoms. The molecule has 2 aromatic heterocycles. The summed E-state index contributed by atoms with van der Waals surface area (Å²) >= 11 is 0. The zero-order valence-corrected chi connectivity index (χ0v) is 12.7. The van der Waals surface area contributed by atoms with Crippen molar-refractivity contribution in [1.82, 2.24) is 19.9 Å². The van der Waals surface area contributed by atoms with Crippen molar-refractivity contribution in [2.45, 2.75) is 13.1 Å². The number of morpholine rings is 1. The average Bonchev–Trinajstić information content (AvgIpc) is 3.06. The number of ether oxygens (including phenoxy) is 1. The highest BCUT2D eigenvalue weighted by molar-refractivity contribution is 5.92. The number of fused-ring (bicyclic) bond motifs is 1. The minimum absolute atomic E-state index is 0.0727. The van der Waals surface area contributed by atoms with Gasteiger partial charge in [-0.1, -0.05) is 6.07 Å². The van der Waals surface area contributed by atoms with Crippen LogP contribution in [0.5, 0.6) is 0 Å². The SMILES string of the molecule is O=C(c1ccccn1)N1Cc2cnc(N3CCOCC3)nc2C1. The lowest BCUT2D eigenvalue weighted by molar-refractivity contribution is 0.0744. The minimum Gasteiger partial charge on any atom is -0.378 e. The number of carbonyl (C=O) groups is 1. The first-order chi connectivity index (χ1) is 11.3. The maximum atomic E-state index is 12.5. The molecular formula is C16H17N5O2. The lowest BCUT2D eigenvalue weighted by Gasteiger charge is -2.26. The Hall–Kier alpha value is -2.54. The molecule has 1 amide bonds.